The van der Waals surface area contributed by atoms with Crippen LogP contribution in [0.1, 0.15) is 40.0 Å². The molecule has 2 aromatic carbocycles. The lowest BCUT2D eigenvalue weighted by Gasteiger charge is -2.21. The summed E-state index contributed by atoms with van der Waals surface area (Å²) in [5.41, 5.74) is 2.03. The van der Waals surface area contributed by atoms with Crippen molar-refractivity contribution >= 4 is 17.5 Å². The molecule has 2 atom stereocenters. The number of nitrogens with one attached hydrogen (secondary N) is 1. The van der Waals surface area contributed by atoms with E-state index in [1.54, 1.807) is 31.3 Å². The third kappa shape index (κ3) is 3.89. The monoisotopic (exact) mass is 393 g/mol. The van der Waals surface area contributed by atoms with Gasteiger partial charge in [0, 0.05) is 37.2 Å². The summed E-state index contributed by atoms with van der Waals surface area (Å²) in [5, 5.41) is 6.40. The molecule has 3 aromatic rings. The predicted octanol–water partition coefficient (Wildman–Crippen LogP) is 3.44. The van der Waals surface area contributed by atoms with Crippen LogP contribution >= 0.6 is 0 Å². The Hall–Kier alpha value is -3.48. The van der Waals surface area contributed by atoms with Crippen molar-refractivity contribution in [3.05, 3.63) is 83.2 Å². The first-order valence-electron chi connectivity index (χ1n) is 9.34. The van der Waals surface area contributed by atoms with Gasteiger partial charge in [0.2, 0.25) is 5.91 Å². The Balaban J connectivity index is 1.48. The van der Waals surface area contributed by atoms with Crippen LogP contribution < -0.4 is 10.2 Å². The van der Waals surface area contributed by atoms with E-state index in [4.69, 9.17) is 4.52 Å². The van der Waals surface area contributed by atoms with Gasteiger partial charge in [-0.3, -0.25) is 9.59 Å². The maximum Gasteiger partial charge on any atom is 0.274 e. The number of hydrogen-bond donors (Lipinski definition) is 1. The number of nitrogens with zero attached hydrogens (tertiary/aromatic N) is 2. The van der Waals surface area contributed by atoms with Crippen LogP contribution in [0.25, 0.3) is 0 Å². The second-order valence-electron chi connectivity index (χ2n) is 7.03. The van der Waals surface area contributed by atoms with Crippen molar-refractivity contribution in [3.8, 4) is 0 Å². The Morgan fingerprint density at radius 3 is 2.72 bits per heavy atom. The molecular weight excluding hydrogens is 373 g/mol. The Kier molecular flexibility index (Phi) is 5.12. The van der Waals surface area contributed by atoms with Crippen molar-refractivity contribution in [2.75, 3.05) is 11.9 Å². The van der Waals surface area contributed by atoms with E-state index in [1.165, 1.54) is 11.0 Å². The van der Waals surface area contributed by atoms with Gasteiger partial charge in [-0.05, 0) is 11.6 Å². The van der Waals surface area contributed by atoms with Gasteiger partial charge in [-0.25, -0.2) is 4.39 Å². The fraction of sp³-hybridized carbons (Fsp3) is 0.227. The molecule has 1 aliphatic heterocycles. The second kappa shape index (κ2) is 7.87. The van der Waals surface area contributed by atoms with Crippen LogP contribution in [-0.4, -0.2) is 30.1 Å². The standard InChI is InChI=1S/C22H20FN3O3/c1-26-20-10-6-5-9-16(20)17(23)13-19(22(26)28)24-21(27)18-12-15(29-25-18)11-14-7-3-2-4-8-14/h2-10,12,17,19H,11,13H2,1H3,(H,24,27)/t17-,19?/m1/s1. The molecule has 1 N–H and O–H groups in total. The molecule has 0 fully saturated rings. The molecule has 1 unspecified atom stereocenters. The summed E-state index contributed by atoms with van der Waals surface area (Å²) in [6.45, 7) is 0. The normalized spacial score (nSPS) is 18.8. The number of anilines is 1. The first kappa shape index (κ1) is 18.9. The molecule has 6 nitrogen and oxygen atoms in total. The number of carbonyl (C=O) groups excluding carboxylic acids is 2. The zero-order valence-corrected chi connectivity index (χ0v) is 15.8. The van der Waals surface area contributed by atoms with E-state index in [-0.39, 0.29) is 18.0 Å². The first-order chi connectivity index (χ1) is 14.0. The van der Waals surface area contributed by atoms with E-state index >= 15 is 0 Å². The first-order valence-corrected chi connectivity index (χ1v) is 9.34. The number of para-hydroxylation sites is 1. The molecule has 0 saturated carbocycles. The van der Waals surface area contributed by atoms with Crippen LogP contribution in [0.2, 0.25) is 0 Å². The average molecular weight is 393 g/mol. The van der Waals surface area contributed by atoms with E-state index in [0.717, 1.165) is 5.56 Å². The van der Waals surface area contributed by atoms with Crippen molar-refractivity contribution in [2.45, 2.75) is 25.1 Å². The quantitative estimate of drug-likeness (QED) is 0.737. The number of carbonyl (C=O) groups is 2. The van der Waals surface area contributed by atoms with Gasteiger partial charge in [-0.2, -0.15) is 0 Å². The van der Waals surface area contributed by atoms with Gasteiger partial charge in [-0.15, -0.1) is 0 Å². The minimum atomic E-state index is -1.36. The SMILES string of the molecule is CN1C(=O)C(NC(=O)c2cc(Cc3ccccc3)on2)C[C@@H](F)c2ccccc21. The lowest BCUT2D eigenvalue weighted by molar-refractivity contribution is -0.120. The summed E-state index contributed by atoms with van der Waals surface area (Å²) in [6.07, 6.45) is -1.01. The lowest BCUT2D eigenvalue weighted by Crippen LogP contribution is -2.47. The van der Waals surface area contributed by atoms with Crippen molar-refractivity contribution in [2.24, 2.45) is 0 Å². The predicted molar refractivity (Wildman–Crippen MR) is 105 cm³/mol. The summed E-state index contributed by atoms with van der Waals surface area (Å²) in [6, 6.07) is 17.0. The maximum absolute atomic E-state index is 14.8. The molecular formula is C22H20FN3O3. The van der Waals surface area contributed by atoms with Crippen molar-refractivity contribution in [1.29, 1.82) is 0 Å². The van der Waals surface area contributed by atoms with Gasteiger partial charge in [0.25, 0.3) is 5.91 Å². The molecule has 148 valence electrons. The van der Waals surface area contributed by atoms with E-state index in [2.05, 4.69) is 10.5 Å². The van der Waals surface area contributed by atoms with Crippen LogP contribution in [0, 0.1) is 0 Å². The summed E-state index contributed by atoms with van der Waals surface area (Å²) < 4.78 is 20.0. The molecule has 4 rings (SSSR count). The van der Waals surface area contributed by atoms with Gasteiger partial charge in [0.15, 0.2) is 5.69 Å². The average Bonchev–Trinajstić information content (AvgIpc) is 3.18. The van der Waals surface area contributed by atoms with Crippen LogP contribution in [0.4, 0.5) is 10.1 Å². The highest BCUT2D eigenvalue weighted by atomic mass is 19.1. The molecule has 0 aliphatic carbocycles. The van der Waals surface area contributed by atoms with Gasteiger partial charge >= 0.3 is 0 Å². The second-order valence-corrected chi connectivity index (χ2v) is 7.03. The highest BCUT2D eigenvalue weighted by Gasteiger charge is 2.34. The third-order valence-corrected chi connectivity index (χ3v) is 5.02. The number of halogens is 1. The van der Waals surface area contributed by atoms with E-state index in [9.17, 15) is 14.0 Å². The highest BCUT2D eigenvalue weighted by Crippen LogP contribution is 2.35. The van der Waals surface area contributed by atoms with Crippen molar-refractivity contribution in [1.82, 2.24) is 10.5 Å². The Morgan fingerprint density at radius 2 is 1.93 bits per heavy atom. The van der Waals surface area contributed by atoms with Gasteiger partial charge in [0.05, 0.1) is 0 Å². The lowest BCUT2D eigenvalue weighted by atomic mass is 10.0. The molecule has 2 heterocycles. The summed E-state index contributed by atoms with van der Waals surface area (Å²) in [5.74, 6) is -0.418. The van der Waals surface area contributed by atoms with E-state index in [1.807, 2.05) is 30.3 Å². The molecule has 2 amide bonds. The van der Waals surface area contributed by atoms with Crippen LogP contribution in [-0.2, 0) is 11.2 Å². The largest absolute Gasteiger partial charge is 0.360 e. The molecule has 29 heavy (non-hydrogen) atoms. The van der Waals surface area contributed by atoms with Crippen molar-refractivity contribution in [3.63, 3.8) is 0 Å². The number of fused-ring (bicyclic) bond motifs is 1. The Morgan fingerprint density at radius 1 is 1.21 bits per heavy atom. The fourth-order valence-corrected chi connectivity index (χ4v) is 3.50. The number of aromatic nitrogens is 1. The Bertz CT molecular complexity index is 1030. The van der Waals surface area contributed by atoms with Gasteiger partial charge in [0.1, 0.15) is 18.0 Å². The topological polar surface area (TPSA) is 75.4 Å². The summed E-state index contributed by atoms with van der Waals surface area (Å²) in [4.78, 5) is 26.7. The zero-order chi connectivity index (χ0) is 20.4. The number of likely N-dealkylation sites (N-methyl/N-ethyl adjacent to an activating group) is 1. The molecule has 0 spiro atoms. The molecule has 0 radical (unpaired) electrons. The maximum atomic E-state index is 14.8. The molecule has 1 aliphatic rings. The Labute approximate surface area is 167 Å². The fourth-order valence-electron chi connectivity index (χ4n) is 3.50. The summed E-state index contributed by atoms with van der Waals surface area (Å²) in [7, 11) is 1.58. The molecule has 7 heteroatoms. The zero-order valence-electron chi connectivity index (χ0n) is 15.8. The van der Waals surface area contributed by atoms with Gasteiger partial charge < -0.3 is 14.7 Å². The highest BCUT2D eigenvalue weighted by molar-refractivity contribution is 6.02. The molecule has 1 aromatic heterocycles. The van der Waals surface area contributed by atoms with E-state index < -0.39 is 18.1 Å². The summed E-state index contributed by atoms with van der Waals surface area (Å²) >= 11 is 0. The van der Waals surface area contributed by atoms with E-state index in [0.29, 0.717) is 23.4 Å². The van der Waals surface area contributed by atoms with Crippen LogP contribution in [0.5, 0.6) is 0 Å². The van der Waals surface area contributed by atoms with Gasteiger partial charge in [-0.1, -0.05) is 53.7 Å². The molecule has 0 saturated heterocycles. The van der Waals surface area contributed by atoms with Crippen LogP contribution in [0.15, 0.2) is 65.2 Å². The number of alkyl halides is 1. The smallest absolute Gasteiger partial charge is 0.274 e. The minimum absolute atomic E-state index is 0.0588. The number of hydrogen-bond acceptors (Lipinski definition) is 4. The number of rotatable bonds is 4. The number of benzene rings is 2. The minimum Gasteiger partial charge on any atom is -0.360 e. The number of amides is 2. The molecule has 0 bridgehead atoms. The van der Waals surface area contributed by atoms with Crippen LogP contribution in [0.3, 0.4) is 0 Å². The van der Waals surface area contributed by atoms with Crippen molar-refractivity contribution < 1.29 is 18.5 Å². The third-order valence-electron chi connectivity index (χ3n) is 5.02.